The highest BCUT2D eigenvalue weighted by molar-refractivity contribution is 5.84. The highest BCUT2D eigenvalue weighted by atomic mass is 16.5. The van der Waals surface area contributed by atoms with Gasteiger partial charge in [0, 0.05) is 23.7 Å². The highest BCUT2D eigenvalue weighted by Gasteiger charge is 2.02. The van der Waals surface area contributed by atoms with Gasteiger partial charge in [-0.2, -0.15) is 0 Å². The van der Waals surface area contributed by atoms with Crippen molar-refractivity contribution in [1.29, 1.82) is 0 Å². The van der Waals surface area contributed by atoms with E-state index < -0.39 is 0 Å². The Morgan fingerprint density at radius 2 is 1.80 bits per heavy atom. The fourth-order valence-corrected chi connectivity index (χ4v) is 2.25. The molecule has 0 fully saturated rings. The third-order valence-electron chi connectivity index (χ3n) is 3.40. The van der Waals surface area contributed by atoms with Crippen molar-refractivity contribution in [2.24, 2.45) is 5.73 Å². The van der Waals surface area contributed by atoms with Crippen molar-refractivity contribution in [3.63, 3.8) is 0 Å². The predicted molar refractivity (Wildman–Crippen MR) is 81.6 cm³/mol. The summed E-state index contributed by atoms with van der Waals surface area (Å²) in [7, 11) is 1.67. The van der Waals surface area contributed by atoms with Gasteiger partial charge in [-0.05, 0) is 41.5 Å². The van der Waals surface area contributed by atoms with E-state index in [-0.39, 0.29) is 0 Å². The molecule has 0 aliphatic carbocycles. The normalized spacial score (nSPS) is 10.7. The van der Waals surface area contributed by atoms with Gasteiger partial charge in [0.1, 0.15) is 5.75 Å². The number of fused-ring (bicyclic) bond motifs is 1. The van der Waals surface area contributed by atoms with E-state index in [1.807, 2.05) is 42.6 Å². The van der Waals surface area contributed by atoms with Crippen LogP contribution in [0.4, 0.5) is 0 Å². The minimum atomic E-state index is 0.544. The van der Waals surface area contributed by atoms with Crippen LogP contribution in [-0.2, 0) is 6.54 Å². The Labute approximate surface area is 118 Å². The number of aromatic nitrogens is 1. The summed E-state index contributed by atoms with van der Waals surface area (Å²) < 4.78 is 5.18. The number of benzene rings is 2. The lowest BCUT2D eigenvalue weighted by atomic mass is 10.0. The molecule has 0 aliphatic rings. The largest absolute Gasteiger partial charge is 0.497 e. The van der Waals surface area contributed by atoms with Crippen molar-refractivity contribution < 1.29 is 4.74 Å². The van der Waals surface area contributed by atoms with Crippen LogP contribution >= 0.6 is 0 Å². The summed E-state index contributed by atoms with van der Waals surface area (Å²) in [6.07, 6.45) is 1.90. The van der Waals surface area contributed by atoms with Crippen LogP contribution in [0.15, 0.2) is 54.7 Å². The van der Waals surface area contributed by atoms with Gasteiger partial charge in [-0.1, -0.05) is 18.2 Å². The van der Waals surface area contributed by atoms with Crippen LogP contribution in [0.3, 0.4) is 0 Å². The molecular weight excluding hydrogens is 248 g/mol. The van der Waals surface area contributed by atoms with E-state index in [0.29, 0.717) is 6.54 Å². The Bertz CT molecular complexity index is 736. The molecule has 3 nitrogen and oxygen atoms in total. The van der Waals surface area contributed by atoms with E-state index in [0.717, 1.165) is 33.3 Å². The van der Waals surface area contributed by atoms with Gasteiger partial charge in [-0.3, -0.25) is 4.98 Å². The molecule has 3 rings (SSSR count). The summed E-state index contributed by atoms with van der Waals surface area (Å²) in [4.78, 5) is 4.50. The topological polar surface area (TPSA) is 48.1 Å². The molecule has 3 heteroatoms. The standard InChI is InChI=1S/C17H16N2O/c1-20-16-5-3-13(4-6-16)15-9-14-8-12(10-18)2-7-17(14)19-11-15/h2-9,11H,10,18H2,1H3. The molecule has 1 heterocycles. The van der Waals surface area contributed by atoms with Crippen LogP contribution in [0.1, 0.15) is 5.56 Å². The number of hydrogen-bond acceptors (Lipinski definition) is 3. The van der Waals surface area contributed by atoms with E-state index in [4.69, 9.17) is 10.5 Å². The summed E-state index contributed by atoms with van der Waals surface area (Å²) in [6.45, 7) is 0.544. The number of methoxy groups -OCH3 is 1. The molecule has 0 bridgehead atoms. The van der Waals surface area contributed by atoms with Crippen molar-refractivity contribution >= 4 is 10.9 Å². The van der Waals surface area contributed by atoms with Crippen LogP contribution in [0.5, 0.6) is 5.75 Å². The summed E-state index contributed by atoms with van der Waals surface area (Å²) in [5, 5.41) is 1.11. The molecule has 2 N–H and O–H groups in total. The Morgan fingerprint density at radius 1 is 1.00 bits per heavy atom. The highest BCUT2D eigenvalue weighted by Crippen LogP contribution is 2.25. The molecule has 20 heavy (non-hydrogen) atoms. The third-order valence-corrected chi connectivity index (χ3v) is 3.40. The van der Waals surface area contributed by atoms with Crippen molar-refractivity contribution in [3.05, 3.63) is 60.3 Å². The van der Waals surface area contributed by atoms with Crippen molar-refractivity contribution in [3.8, 4) is 16.9 Å². The summed E-state index contributed by atoms with van der Waals surface area (Å²) in [5.74, 6) is 0.855. The molecule has 0 radical (unpaired) electrons. The van der Waals surface area contributed by atoms with E-state index in [2.05, 4.69) is 17.1 Å². The smallest absolute Gasteiger partial charge is 0.118 e. The second-order valence-electron chi connectivity index (χ2n) is 4.68. The number of ether oxygens (including phenoxy) is 1. The lowest BCUT2D eigenvalue weighted by Crippen LogP contribution is -1.95. The Morgan fingerprint density at radius 3 is 2.50 bits per heavy atom. The zero-order valence-electron chi connectivity index (χ0n) is 11.3. The number of nitrogens with zero attached hydrogens (tertiary/aromatic N) is 1. The molecule has 0 spiro atoms. The van der Waals surface area contributed by atoms with Crippen LogP contribution in [0.2, 0.25) is 0 Å². The summed E-state index contributed by atoms with van der Waals surface area (Å²) in [6, 6.07) is 16.2. The molecule has 2 aromatic carbocycles. The lowest BCUT2D eigenvalue weighted by molar-refractivity contribution is 0.415. The number of rotatable bonds is 3. The average molecular weight is 264 g/mol. The predicted octanol–water partition coefficient (Wildman–Crippen LogP) is 3.37. The number of hydrogen-bond donors (Lipinski definition) is 1. The van der Waals surface area contributed by atoms with Crippen molar-refractivity contribution in [1.82, 2.24) is 4.98 Å². The zero-order valence-corrected chi connectivity index (χ0v) is 11.3. The second kappa shape index (κ2) is 5.31. The molecular formula is C17H16N2O. The van der Waals surface area contributed by atoms with Crippen molar-refractivity contribution in [2.75, 3.05) is 7.11 Å². The van der Waals surface area contributed by atoms with Crippen LogP contribution in [0, 0.1) is 0 Å². The second-order valence-corrected chi connectivity index (χ2v) is 4.68. The summed E-state index contributed by atoms with van der Waals surface area (Å²) >= 11 is 0. The lowest BCUT2D eigenvalue weighted by Gasteiger charge is -2.06. The zero-order chi connectivity index (χ0) is 13.9. The van der Waals surface area contributed by atoms with E-state index in [9.17, 15) is 0 Å². The van der Waals surface area contributed by atoms with Gasteiger partial charge in [0.15, 0.2) is 0 Å². The molecule has 0 unspecified atom stereocenters. The van der Waals surface area contributed by atoms with Gasteiger partial charge < -0.3 is 10.5 Å². The van der Waals surface area contributed by atoms with Gasteiger partial charge in [0.25, 0.3) is 0 Å². The third kappa shape index (κ3) is 2.36. The number of pyridine rings is 1. The van der Waals surface area contributed by atoms with Gasteiger partial charge in [-0.25, -0.2) is 0 Å². The molecule has 0 atom stereocenters. The maximum absolute atomic E-state index is 5.69. The fourth-order valence-electron chi connectivity index (χ4n) is 2.25. The molecule has 0 aliphatic heterocycles. The van der Waals surface area contributed by atoms with Gasteiger partial charge in [0.2, 0.25) is 0 Å². The molecule has 100 valence electrons. The quantitative estimate of drug-likeness (QED) is 0.789. The molecule has 0 amide bonds. The van der Waals surface area contributed by atoms with E-state index in [1.54, 1.807) is 7.11 Å². The van der Waals surface area contributed by atoms with E-state index >= 15 is 0 Å². The Hall–Kier alpha value is -2.39. The molecule has 3 aromatic rings. The van der Waals surface area contributed by atoms with Crippen LogP contribution < -0.4 is 10.5 Å². The maximum atomic E-state index is 5.69. The summed E-state index contributed by atoms with van der Waals surface area (Å²) in [5.41, 5.74) is 10.0. The minimum Gasteiger partial charge on any atom is -0.497 e. The average Bonchev–Trinajstić information content (AvgIpc) is 2.54. The Kier molecular flexibility index (Phi) is 3.35. The minimum absolute atomic E-state index is 0.544. The van der Waals surface area contributed by atoms with Gasteiger partial charge in [-0.15, -0.1) is 0 Å². The monoisotopic (exact) mass is 264 g/mol. The van der Waals surface area contributed by atoms with Crippen LogP contribution in [-0.4, -0.2) is 12.1 Å². The first-order chi connectivity index (χ1) is 9.80. The number of nitrogens with two attached hydrogens (primary N) is 1. The first kappa shape index (κ1) is 12.6. The molecule has 0 saturated heterocycles. The molecule has 0 saturated carbocycles. The molecule has 1 aromatic heterocycles. The van der Waals surface area contributed by atoms with Crippen LogP contribution in [0.25, 0.3) is 22.0 Å². The van der Waals surface area contributed by atoms with E-state index in [1.165, 1.54) is 0 Å². The van der Waals surface area contributed by atoms with Gasteiger partial charge in [0.05, 0.1) is 12.6 Å². The van der Waals surface area contributed by atoms with Gasteiger partial charge >= 0.3 is 0 Å². The SMILES string of the molecule is COc1ccc(-c2cnc3ccc(CN)cc3c2)cc1. The fraction of sp³-hybridized carbons (Fsp3) is 0.118. The first-order valence-electron chi connectivity index (χ1n) is 6.53. The maximum Gasteiger partial charge on any atom is 0.118 e. The first-order valence-corrected chi connectivity index (χ1v) is 6.53. The Balaban J connectivity index is 2.06. The van der Waals surface area contributed by atoms with Crippen molar-refractivity contribution in [2.45, 2.75) is 6.54 Å².